The molecule has 4 rings (SSSR count). The molecule has 1 aliphatic heterocycles. The first-order valence-electron chi connectivity index (χ1n) is 11.5. The van der Waals surface area contributed by atoms with E-state index in [0.29, 0.717) is 18.0 Å². The molecule has 0 radical (unpaired) electrons. The molecule has 2 aromatic carbocycles. The predicted octanol–water partition coefficient (Wildman–Crippen LogP) is 5.97. The van der Waals surface area contributed by atoms with Gasteiger partial charge >= 0.3 is 12.2 Å². The van der Waals surface area contributed by atoms with E-state index in [4.69, 9.17) is 9.47 Å². The number of nitrogens with one attached hydrogen (secondary N) is 1. The zero-order valence-corrected chi connectivity index (χ0v) is 21.1. The minimum absolute atomic E-state index is 0.132. The molecule has 2 heterocycles. The summed E-state index contributed by atoms with van der Waals surface area (Å²) in [6.45, 7) is 3.78. The fraction of sp³-hybridized carbons (Fsp3) is 0.308. The second kappa shape index (κ2) is 11.1. The summed E-state index contributed by atoms with van der Waals surface area (Å²) in [5.74, 6) is 0.869. The number of para-hydroxylation sites is 1. The van der Waals surface area contributed by atoms with Gasteiger partial charge in [-0.05, 0) is 55.1 Å². The number of nitrogens with zero attached hydrogens (tertiary/aromatic N) is 2. The molecule has 0 spiro atoms. The number of benzene rings is 2. The number of thiophene rings is 1. The Hall–Kier alpha value is -3.73. The van der Waals surface area contributed by atoms with Crippen LogP contribution in [-0.4, -0.2) is 41.1 Å². The maximum atomic E-state index is 13.5. The molecule has 0 atom stereocenters. The molecule has 1 N–H and O–H groups in total. The zero-order chi connectivity index (χ0) is 26.6. The van der Waals surface area contributed by atoms with Gasteiger partial charge < -0.3 is 24.6 Å². The molecule has 37 heavy (non-hydrogen) atoms. The van der Waals surface area contributed by atoms with E-state index in [2.05, 4.69) is 5.32 Å². The Bertz CT molecular complexity index is 1250. The van der Waals surface area contributed by atoms with Gasteiger partial charge in [0.25, 0.3) is 0 Å². The molecule has 0 saturated carbocycles. The first-order valence-corrected chi connectivity index (χ1v) is 12.4. The van der Waals surface area contributed by atoms with Crippen molar-refractivity contribution in [3.63, 3.8) is 0 Å². The van der Waals surface area contributed by atoms with Gasteiger partial charge in [-0.15, -0.1) is 11.3 Å². The molecule has 7 nitrogen and oxygen atoms in total. The minimum Gasteiger partial charge on any atom is -0.454 e. The van der Waals surface area contributed by atoms with Gasteiger partial charge in [0.05, 0.1) is 17.8 Å². The van der Waals surface area contributed by atoms with Crippen LogP contribution in [0.25, 0.3) is 0 Å². The van der Waals surface area contributed by atoms with Crippen molar-refractivity contribution < 1.29 is 32.2 Å². The van der Waals surface area contributed by atoms with E-state index in [1.165, 1.54) is 34.4 Å². The molecule has 0 bridgehead atoms. The molecule has 11 heteroatoms. The molecule has 3 aromatic rings. The lowest BCUT2D eigenvalue weighted by Gasteiger charge is -2.30. The summed E-state index contributed by atoms with van der Waals surface area (Å²) in [6, 6.07) is 12.7. The van der Waals surface area contributed by atoms with Crippen molar-refractivity contribution in [1.29, 1.82) is 0 Å². The van der Waals surface area contributed by atoms with Crippen LogP contribution in [0.3, 0.4) is 0 Å². The van der Waals surface area contributed by atoms with Gasteiger partial charge in [-0.1, -0.05) is 24.3 Å². The standard InChI is InChI=1S/C26H26F3N3O4S/c1-17(2)32(25(34)30-21-8-4-3-7-20(21)26(27,28)29)15-24(33)31(14-19-6-5-11-37-19)13-18-9-10-22-23(12-18)36-16-35-22/h3-12,17H,13-16H2,1-2H3,(H,30,34). The quantitative estimate of drug-likeness (QED) is 0.388. The Balaban J connectivity index is 1.52. The van der Waals surface area contributed by atoms with Crippen LogP contribution in [0, 0.1) is 0 Å². The number of carbonyl (C=O) groups is 2. The molecule has 1 aromatic heterocycles. The van der Waals surface area contributed by atoms with Crippen LogP contribution < -0.4 is 14.8 Å². The smallest absolute Gasteiger partial charge is 0.418 e. The highest BCUT2D eigenvalue weighted by molar-refractivity contribution is 7.09. The number of carbonyl (C=O) groups excluding carboxylic acids is 2. The van der Waals surface area contributed by atoms with Gasteiger partial charge in [-0.25, -0.2) is 4.79 Å². The number of hydrogen-bond acceptors (Lipinski definition) is 5. The topological polar surface area (TPSA) is 71.1 Å². The van der Waals surface area contributed by atoms with Gasteiger partial charge in [-0.3, -0.25) is 4.79 Å². The van der Waals surface area contributed by atoms with Crippen LogP contribution in [0.4, 0.5) is 23.7 Å². The van der Waals surface area contributed by atoms with Crippen LogP contribution >= 0.6 is 11.3 Å². The fourth-order valence-corrected chi connectivity index (χ4v) is 4.56. The summed E-state index contributed by atoms with van der Waals surface area (Å²) in [5.41, 5.74) is -0.511. The first kappa shape index (κ1) is 26.3. The lowest BCUT2D eigenvalue weighted by Crippen LogP contribution is -2.47. The molecule has 196 valence electrons. The molecule has 1 aliphatic rings. The van der Waals surface area contributed by atoms with Crippen LogP contribution in [0.15, 0.2) is 60.0 Å². The zero-order valence-electron chi connectivity index (χ0n) is 20.2. The summed E-state index contributed by atoms with van der Waals surface area (Å²) in [6.07, 6.45) is -4.63. The first-order chi connectivity index (χ1) is 17.6. The van der Waals surface area contributed by atoms with E-state index in [0.717, 1.165) is 16.5 Å². The van der Waals surface area contributed by atoms with Crippen molar-refractivity contribution in [2.45, 2.75) is 39.2 Å². The number of urea groups is 1. The monoisotopic (exact) mass is 533 g/mol. The normalized spacial score (nSPS) is 12.5. The third-order valence-electron chi connectivity index (χ3n) is 5.75. The summed E-state index contributed by atoms with van der Waals surface area (Å²) >= 11 is 1.50. The van der Waals surface area contributed by atoms with Crippen LogP contribution in [0.2, 0.25) is 0 Å². The number of rotatable bonds is 8. The Kier molecular flexibility index (Phi) is 7.91. The summed E-state index contributed by atoms with van der Waals surface area (Å²) < 4.78 is 51.0. The van der Waals surface area contributed by atoms with Gasteiger partial charge in [-0.2, -0.15) is 13.2 Å². The number of amides is 3. The molecule has 0 aliphatic carbocycles. The summed E-state index contributed by atoms with van der Waals surface area (Å²) in [5, 5.41) is 4.24. The Morgan fingerprint density at radius 3 is 2.49 bits per heavy atom. The number of anilines is 1. The summed E-state index contributed by atoms with van der Waals surface area (Å²) in [7, 11) is 0. The number of alkyl halides is 3. The molecular weight excluding hydrogens is 507 g/mol. The van der Waals surface area contributed by atoms with E-state index >= 15 is 0 Å². The number of hydrogen-bond donors (Lipinski definition) is 1. The predicted molar refractivity (Wildman–Crippen MR) is 133 cm³/mol. The van der Waals surface area contributed by atoms with E-state index in [9.17, 15) is 22.8 Å². The van der Waals surface area contributed by atoms with Crippen LogP contribution in [-0.2, 0) is 24.1 Å². The maximum absolute atomic E-state index is 13.5. The fourth-order valence-electron chi connectivity index (χ4n) is 3.84. The molecule has 0 unspecified atom stereocenters. The van der Waals surface area contributed by atoms with Crippen LogP contribution in [0.1, 0.15) is 29.9 Å². The Morgan fingerprint density at radius 2 is 1.78 bits per heavy atom. The second-order valence-corrected chi connectivity index (χ2v) is 9.74. The van der Waals surface area contributed by atoms with Gasteiger partial charge in [0, 0.05) is 17.5 Å². The van der Waals surface area contributed by atoms with Gasteiger partial charge in [0.1, 0.15) is 6.54 Å². The van der Waals surface area contributed by atoms with E-state index in [-0.39, 0.29) is 31.5 Å². The third kappa shape index (κ3) is 6.53. The third-order valence-corrected chi connectivity index (χ3v) is 6.61. The Labute approximate surface area is 216 Å². The summed E-state index contributed by atoms with van der Waals surface area (Å²) in [4.78, 5) is 30.3. The molecule has 0 saturated heterocycles. The SMILES string of the molecule is CC(C)N(CC(=O)N(Cc1ccc2c(c1)OCO2)Cc1cccs1)C(=O)Nc1ccccc1C(F)(F)F. The van der Waals surface area contributed by atoms with Crippen molar-refractivity contribution in [2.75, 3.05) is 18.7 Å². The second-order valence-electron chi connectivity index (χ2n) is 8.71. The molecular formula is C26H26F3N3O4S. The van der Waals surface area contributed by atoms with Crippen LogP contribution in [0.5, 0.6) is 11.5 Å². The lowest BCUT2D eigenvalue weighted by molar-refractivity contribution is -0.137. The average molecular weight is 534 g/mol. The maximum Gasteiger partial charge on any atom is 0.418 e. The average Bonchev–Trinajstić information content (AvgIpc) is 3.53. The van der Waals surface area contributed by atoms with E-state index in [1.807, 2.05) is 23.6 Å². The Morgan fingerprint density at radius 1 is 1.03 bits per heavy atom. The van der Waals surface area contributed by atoms with Crippen molar-refractivity contribution in [1.82, 2.24) is 9.80 Å². The van der Waals surface area contributed by atoms with Crippen molar-refractivity contribution in [3.05, 3.63) is 76.0 Å². The lowest BCUT2D eigenvalue weighted by atomic mass is 10.1. The molecule has 0 fully saturated rings. The van der Waals surface area contributed by atoms with E-state index in [1.54, 1.807) is 30.9 Å². The number of halogens is 3. The van der Waals surface area contributed by atoms with Gasteiger partial charge in [0.15, 0.2) is 11.5 Å². The largest absolute Gasteiger partial charge is 0.454 e. The van der Waals surface area contributed by atoms with E-state index < -0.39 is 23.8 Å². The van der Waals surface area contributed by atoms with Crippen molar-refractivity contribution >= 4 is 29.0 Å². The van der Waals surface area contributed by atoms with Crippen molar-refractivity contribution in [2.24, 2.45) is 0 Å². The minimum atomic E-state index is -4.63. The van der Waals surface area contributed by atoms with Crippen molar-refractivity contribution in [3.8, 4) is 11.5 Å². The highest BCUT2D eigenvalue weighted by Crippen LogP contribution is 2.35. The highest BCUT2D eigenvalue weighted by Gasteiger charge is 2.34. The number of fused-ring (bicyclic) bond motifs is 1. The molecule has 3 amide bonds. The number of ether oxygens (including phenoxy) is 2. The van der Waals surface area contributed by atoms with Gasteiger partial charge in [0.2, 0.25) is 12.7 Å². The highest BCUT2D eigenvalue weighted by atomic mass is 32.1.